The Bertz CT molecular complexity index is 1440. The minimum Gasteiger partial charge on any atom is -0.352 e. The largest absolute Gasteiger partial charge is 0.352 e. The molecule has 6 rings (SSSR count). The Kier molecular flexibility index (Phi) is 4.87. The number of nitrogens with zero attached hydrogens (tertiary/aromatic N) is 1. The molecule has 174 valence electrons. The molecule has 1 spiro atoms. The minimum atomic E-state index is -1.24. The summed E-state index contributed by atoms with van der Waals surface area (Å²) in [6.07, 6.45) is 4.01. The summed E-state index contributed by atoms with van der Waals surface area (Å²) in [6, 6.07) is 19.4. The predicted molar refractivity (Wildman–Crippen MR) is 140 cm³/mol. The fourth-order valence-electron chi connectivity index (χ4n) is 6.25. The number of nitrogens with one attached hydrogen (secondary N) is 1. The van der Waals surface area contributed by atoms with Crippen LogP contribution < -0.4 is 10.2 Å². The van der Waals surface area contributed by atoms with Crippen molar-refractivity contribution in [2.45, 2.75) is 31.3 Å². The highest BCUT2D eigenvalue weighted by molar-refractivity contribution is 9.10. The molecule has 1 saturated heterocycles. The second-order valence-corrected chi connectivity index (χ2v) is 10.5. The van der Waals surface area contributed by atoms with Gasteiger partial charge in [-0.05, 0) is 55.3 Å². The monoisotopic (exact) mass is 526 g/mol. The van der Waals surface area contributed by atoms with Gasteiger partial charge in [-0.3, -0.25) is 14.4 Å². The standard InChI is InChI=1S/C29H23BrN2O3/c1-16-7-13-23-19(15-16)10-14-24-29(21-5-3-4-6-22(21)31-28(29)35)25(26(17(2)33)32(23)24)27(34)18-8-11-20(30)12-9-18/h3-15,24-26H,1-2H3,(H,31,35)/t24-,25+,26+,29+/m0/s1. The summed E-state index contributed by atoms with van der Waals surface area (Å²) in [4.78, 5) is 43.7. The maximum atomic E-state index is 14.3. The number of fused-ring (bicyclic) bond motifs is 6. The molecule has 35 heavy (non-hydrogen) atoms. The molecule has 1 amide bonds. The number of ketones is 2. The highest BCUT2D eigenvalue weighted by atomic mass is 79.9. The highest BCUT2D eigenvalue weighted by Gasteiger charge is 2.69. The van der Waals surface area contributed by atoms with E-state index in [0.29, 0.717) is 11.3 Å². The second-order valence-electron chi connectivity index (χ2n) is 9.55. The molecule has 3 aromatic rings. The second kappa shape index (κ2) is 7.75. The van der Waals surface area contributed by atoms with Crippen molar-refractivity contribution in [3.05, 3.63) is 99.5 Å². The molecular formula is C29H23BrN2O3. The molecule has 1 N–H and O–H groups in total. The predicted octanol–water partition coefficient (Wildman–Crippen LogP) is 5.32. The summed E-state index contributed by atoms with van der Waals surface area (Å²) in [5.74, 6) is -1.48. The van der Waals surface area contributed by atoms with E-state index < -0.39 is 23.4 Å². The summed E-state index contributed by atoms with van der Waals surface area (Å²) in [5.41, 5.74) is 3.64. The molecule has 0 aromatic heterocycles. The number of rotatable bonds is 3. The van der Waals surface area contributed by atoms with Crippen LogP contribution in [-0.4, -0.2) is 29.6 Å². The molecule has 4 atom stereocenters. The zero-order valence-corrected chi connectivity index (χ0v) is 20.9. The fourth-order valence-corrected chi connectivity index (χ4v) is 6.51. The molecule has 3 aromatic carbocycles. The van der Waals surface area contributed by atoms with Crippen molar-refractivity contribution < 1.29 is 14.4 Å². The number of benzene rings is 3. The van der Waals surface area contributed by atoms with Crippen molar-refractivity contribution in [1.82, 2.24) is 0 Å². The van der Waals surface area contributed by atoms with Gasteiger partial charge in [0, 0.05) is 21.4 Å². The summed E-state index contributed by atoms with van der Waals surface area (Å²) in [5, 5.41) is 3.03. The third-order valence-electron chi connectivity index (χ3n) is 7.62. The molecule has 0 unspecified atom stereocenters. The van der Waals surface area contributed by atoms with Crippen LogP contribution in [0.1, 0.15) is 34.0 Å². The normalized spacial score (nSPS) is 25.7. The Morgan fingerprint density at radius 2 is 1.77 bits per heavy atom. The van der Waals surface area contributed by atoms with E-state index in [1.807, 2.05) is 72.5 Å². The molecule has 3 aliphatic rings. The molecule has 3 aliphatic heterocycles. The number of halogens is 1. The lowest BCUT2D eigenvalue weighted by molar-refractivity contribution is -0.122. The summed E-state index contributed by atoms with van der Waals surface area (Å²) in [6.45, 7) is 3.54. The van der Waals surface area contributed by atoms with Crippen LogP contribution in [0.15, 0.2) is 77.3 Å². The van der Waals surface area contributed by atoms with Gasteiger partial charge in [-0.2, -0.15) is 0 Å². The van der Waals surface area contributed by atoms with Gasteiger partial charge in [0.05, 0.1) is 18.0 Å². The van der Waals surface area contributed by atoms with Gasteiger partial charge in [0.15, 0.2) is 11.6 Å². The van der Waals surface area contributed by atoms with E-state index in [9.17, 15) is 14.4 Å². The average molecular weight is 527 g/mol. The van der Waals surface area contributed by atoms with Gasteiger partial charge in [0.25, 0.3) is 0 Å². The first kappa shape index (κ1) is 22.0. The van der Waals surface area contributed by atoms with E-state index in [0.717, 1.165) is 26.9 Å². The lowest BCUT2D eigenvalue weighted by atomic mass is 9.64. The SMILES string of the molecule is CC(=O)[C@@H]1[C@H](C(=O)c2ccc(Br)cc2)[C@]2(C(=O)Nc3ccccc32)[C@@H]2C=Cc3cc(C)ccc3N12. The van der Waals surface area contributed by atoms with Crippen molar-refractivity contribution in [3.63, 3.8) is 0 Å². The van der Waals surface area contributed by atoms with Crippen LogP contribution >= 0.6 is 15.9 Å². The van der Waals surface area contributed by atoms with Crippen LogP contribution in [0.25, 0.3) is 6.08 Å². The maximum Gasteiger partial charge on any atom is 0.238 e. The van der Waals surface area contributed by atoms with Gasteiger partial charge >= 0.3 is 0 Å². The first-order valence-electron chi connectivity index (χ1n) is 11.6. The first-order chi connectivity index (χ1) is 16.8. The summed E-state index contributed by atoms with van der Waals surface area (Å²) in [7, 11) is 0. The highest BCUT2D eigenvalue weighted by Crippen LogP contribution is 2.57. The number of carbonyl (C=O) groups is 3. The fraction of sp³-hybridized carbons (Fsp3) is 0.207. The Hall–Kier alpha value is -3.51. The lowest BCUT2D eigenvalue weighted by Gasteiger charge is -2.37. The summed E-state index contributed by atoms with van der Waals surface area (Å²) >= 11 is 3.43. The van der Waals surface area contributed by atoms with E-state index in [1.54, 1.807) is 12.1 Å². The number of para-hydroxylation sites is 1. The lowest BCUT2D eigenvalue weighted by Crippen LogP contribution is -2.51. The molecule has 0 radical (unpaired) electrons. The zero-order chi connectivity index (χ0) is 24.5. The van der Waals surface area contributed by atoms with Crippen molar-refractivity contribution in [3.8, 4) is 0 Å². The van der Waals surface area contributed by atoms with Crippen molar-refractivity contribution in [2.24, 2.45) is 5.92 Å². The van der Waals surface area contributed by atoms with Gasteiger partial charge < -0.3 is 10.2 Å². The van der Waals surface area contributed by atoms with Crippen LogP contribution in [0.2, 0.25) is 0 Å². The van der Waals surface area contributed by atoms with Gasteiger partial charge in [-0.1, -0.05) is 70.0 Å². The van der Waals surface area contributed by atoms with Crippen LogP contribution in [-0.2, 0) is 15.0 Å². The third-order valence-corrected chi connectivity index (χ3v) is 8.14. The van der Waals surface area contributed by atoms with Crippen LogP contribution in [0.3, 0.4) is 0 Å². The van der Waals surface area contributed by atoms with Gasteiger partial charge in [0.1, 0.15) is 5.41 Å². The van der Waals surface area contributed by atoms with Gasteiger partial charge in [-0.25, -0.2) is 0 Å². The van der Waals surface area contributed by atoms with E-state index >= 15 is 0 Å². The third kappa shape index (κ3) is 2.96. The number of Topliss-reactive ketones (excluding diaryl/α,β-unsaturated/α-hetero) is 2. The average Bonchev–Trinajstić information content (AvgIpc) is 3.32. The number of anilines is 2. The number of hydrogen-bond acceptors (Lipinski definition) is 4. The van der Waals surface area contributed by atoms with E-state index in [1.165, 1.54) is 6.92 Å². The molecule has 6 heteroatoms. The number of amides is 1. The zero-order valence-electron chi connectivity index (χ0n) is 19.3. The maximum absolute atomic E-state index is 14.3. The number of hydrogen-bond donors (Lipinski definition) is 1. The van der Waals surface area contributed by atoms with Crippen LogP contribution in [0.5, 0.6) is 0 Å². The van der Waals surface area contributed by atoms with Crippen molar-refractivity contribution >= 4 is 50.9 Å². The van der Waals surface area contributed by atoms with E-state index in [2.05, 4.69) is 27.3 Å². The molecule has 5 nitrogen and oxygen atoms in total. The molecule has 1 fully saturated rings. The Morgan fingerprint density at radius 1 is 1.03 bits per heavy atom. The molecule has 3 heterocycles. The van der Waals surface area contributed by atoms with Gasteiger partial charge in [0.2, 0.25) is 5.91 Å². The number of aryl methyl sites for hydroxylation is 1. The summed E-state index contributed by atoms with van der Waals surface area (Å²) < 4.78 is 0.854. The van der Waals surface area contributed by atoms with Crippen molar-refractivity contribution in [2.75, 3.05) is 10.2 Å². The van der Waals surface area contributed by atoms with E-state index in [4.69, 9.17) is 0 Å². The number of carbonyl (C=O) groups excluding carboxylic acids is 3. The molecule has 0 bridgehead atoms. The van der Waals surface area contributed by atoms with E-state index in [-0.39, 0.29) is 17.5 Å². The Morgan fingerprint density at radius 3 is 2.51 bits per heavy atom. The van der Waals surface area contributed by atoms with Crippen LogP contribution in [0.4, 0.5) is 11.4 Å². The first-order valence-corrected chi connectivity index (χ1v) is 12.4. The molecule has 0 saturated carbocycles. The van der Waals surface area contributed by atoms with Crippen molar-refractivity contribution in [1.29, 1.82) is 0 Å². The smallest absolute Gasteiger partial charge is 0.238 e. The van der Waals surface area contributed by atoms with Gasteiger partial charge in [-0.15, -0.1) is 0 Å². The van der Waals surface area contributed by atoms with Crippen LogP contribution in [0, 0.1) is 12.8 Å². The molecular weight excluding hydrogens is 504 g/mol. The Labute approximate surface area is 212 Å². The Balaban J connectivity index is 1.65. The topological polar surface area (TPSA) is 66.5 Å². The molecule has 0 aliphatic carbocycles. The minimum absolute atomic E-state index is 0.138. The quantitative estimate of drug-likeness (QED) is 0.469.